The number of benzene rings is 1. The normalized spacial score (nSPS) is 10.4. The van der Waals surface area contributed by atoms with Gasteiger partial charge in [0.2, 0.25) is 0 Å². The predicted octanol–water partition coefficient (Wildman–Crippen LogP) is 2.87. The molecule has 6 nitrogen and oxygen atoms in total. The summed E-state index contributed by atoms with van der Waals surface area (Å²) < 4.78 is 0.804. The van der Waals surface area contributed by atoms with Gasteiger partial charge in [-0.15, -0.1) is 10.2 Å². The van der Waals surface area contributed by atoms with E-state index < -0.39 is 5.91 Å². The van der Waals surface area contributed by atoms with E-state index in [2.05, 4.69) is 15.2 Å². The molecule has 0 aliphatic heterocycles. The maximum absolute atomic E-state index is 11.2. The molecule has 3 rings (SSSR count). The van der Waals surface area contributed by atoms with E-state index in [-0.39, 0.29) is 0 Å². The summed E-state index contributed by atoms with van der Waals surface area (Å²) in [5.41, 5.74) is 2.92. The van der Waals surface area contributed by atoms with Crippen LogP contribution in [0.4, 0.5) is 0 Å². The second-order valence-corrected chi connectivity index (χ2v) is 6.48. The summed E-state index contributed by atoms with van der Waals surface area (Å²) in [6.45, 7) is 0. The number of aromatic nitrogens is 3. The molecule has 0 spiro atoms. The number of carbonyl (C=O) groups is 1. The Morgan fingerprint density at radius 1 is 1.18 bits per heavy atom. The fourth-order valence-electron chi connectivity index (χ4n) is 1.70. The van der Waals surface area contributed by atoms with Crippen molar-refractivity contribution in [1.29, 1.82) is 0 Å². The van der Waals surface area contributed by atoms with Crippen molar-refractivity contribution in [1.82, 2.24) is 20.7 Å². The number of nitrogens with zero attached hydrogens (tertiary/aromatic N) is 3. The molecule has 2 N–H and O–H groups in total. The molecule has 0 saturated carbocycles. The van der Waals surface area contributed by atoms with E-state index >= 15 is 0 Å². The molecular weight excluding hydrogens is 320 g/mol. The molecule has 0 saturated heterocycles. The number of hydrogen-bond donors (Lipinski definition) is 2. The molecule has 2 aromatic heterocycles. The van der Waals surface area contributed by atoms with Crippen LogP contribution in [-0.4, -0.2) is 26.3 Å². The Kier molecular flexibility index (Phi) is 4.42. The average molecular weight is 330 g/mol. The van der Waals surface area contributed by atoms with E-state index in [1.54, 1.807) is 42.1 Å². The fraction of sp³-hybridized carbons (Fsp3) is 0. The number of rotatable bonds is 4. The van der Waals surface area contributed by atoms with Gasteiger partial charge < -0.3 is 0 Å². The number of hydrogen-bond acceptors (Lipinski definition) is 7. The molecule has 8 heteroatoms. The van der Waals surface area contributed by atoms with Gasteiger partial charge in [0.15, 0.2) is 4.34 Å². The van der Waals surface area contributed by atoms with Gasteiger partial charge in [-0.1, -0.05) is 23.1 Å². The van der Waals surface area contributed by atoms with Crippen molar-refractivity contribution in [3.8, 4) is 10.6 Å². The lowest BCUT2D eigenvalue weighted by Gasteiger charge is -2.00. The zero-order valence-corrected chi connectivity index (χ0v) is 12.8. The Morgan fingerprint density at radius 3 is 2.68 bits per heavy atom. The van der Waals surface area contributed by atoms with Crippen molar-refractivity contribution in [2.45, 2.75) is 9.24 Å². The molecule has 0 aliphatic carbocycles. The lowest BCUT2D eigenvalue weighted by molar-refractivity contribution is 0.0706. The van der Waals surface area contributed by atoms with Gasteiger partial charge in [-0.05, 0) is 36.4 Å². The fourth-order valence-corrected chi connectivity index (χ4v) is 3.51. The maximum atomic E-state index is 11.2. The van der Waals surface area contributed by atoms with E-state index in [1.165, 1.54) is 23.1 Å². The van der Waals surface area contributed by atoms with Crippen LogP contribution < -0.4 is 5.48 Å². The third kappa shape index (κ3) is 3.30. The molecule has 1 aromatic carbocycles. The Hall–Kier alpha value is -2.29. The Bertz CT molecular complexity index is 775. The summed E-state index contributed by atoms with van der Waals surface area (Å²) in [4.78, 5) is 16.2. The molecule has 2 heterocycles. The standard InChI is InChI=1S/C14H10N4O2S2/c19-12(18-20)9-3-5-11(6-4-9)21-14-17-16-13(22-14)10-2-1-7-15-8-10/h1-8,20H,(H,18,19). The maximum Gasteiger partial charge on any atom is 0.274 e. The van der Waals surface area contributed by atoms with Crippen molar-refractivity contribution in [3.05, 3.63) is 54.4 Å². The van der Waals surface area contributed by atoms with E-state index in [1.807, 2.05) is 12.1 Å². The zero-order chi connectivity index (χ0) is 15.4. The van der Waals surface area contributed by atoms with Crippen LogP contribution in [0.25, 0.3) is 10.6 Å². The number of amides is 1. The molecule has 0 unspecified atom stereocenters. The van der Waals surface area contributed by atoms with Crippen LogP contribution in [0.15, 0.2) is 58.0 Å². The van der Waals surface area contributed by atoms with Gasteiger partial charge >= 0.3 is 0 Å². The minimum atomic E-state index is -0.536. The summed E-state index contributed by atoms with van der Waals surface area (Å²) in [6.07, 6.45) is 3.46. The zero-order valence-electron chi connectivity index (χ0n) is 11.1. The first kappa shape index (κ1) is 14.6. The molecule has 22 heavy (non-hydrogen) atoms. The summed E-state index contributed by atoms with van der Waals surface area (Å²) >= 11 is 2.94. The topological polar surface area (TPSA) is 88.0 Å². The molecular formula is C14H10N4O2S2. The average Bonchev–Trinajstić information content (AvgIpc) is 3.04. The Labute approximate surface area is 134 Å². The highest BCUT2D eigenvalue weighted by molar-refractivity contribution is 8.01. The first-order chi connectivity index (χ1) is 10.8. The van der Waals surface area contributed by atoms with Crippen LogP contribution in [0.1, 0.15) is 10.4 Å². The van der Waals surface area contributed by atoms with Crippen molar-refractivity contribution < 1.29 is 10.0 Å². The number of pyridine rings is 1. The van der Waals surface area contributed by atoms with Crippen LogP contribution in [-0.2, 0) is 0 Å². The highest BCUT2D eigenvalue weighted by atomic mass is 32.2. The monoisotopic (exact) mass is 330 g/mol. The highest BCUT2D eigenvalue weighted by Crippen LogP contribution is 2.33. The Balaban J connectivity index is 1.74. The number of carbonyl (C=O) groups excluding carboxylic acids is 1. The third-order valence-electron chi connectivity index (χ3n) is 2.74. The van der Waals surface area contributed by atoms with Crippen molar-refractivity contribution in [2.75, 3.05) is 0 Å². The molecule has 110 valence electrons. The van der Waals surface area contributed by atoms with Gasteiger partial charge in [-0.2, -0.15) is 0 Å². The van der Waals surface area contributed by atoms with E-state index in [9.17, 15) is 4.79 Å². The minimum absolute atomic E-state index is 0.389. The van der Waals surface area contributed by atoms with Crippen LogP contribution >= 0.6 is 23.1 Å². The SMILES string of the molecule is O=C(NO)c1ccc(Sc2nnc(-c3cccnc3)s2)cc1. The van der Waals surface area contributed by atoms with Gasteiger partial charge in [0.25, 0.3) is 5.91 Å². The summed E-state index contributed by atoms with van der Waals surface area (Å²) in [5, 5.41) is 17.7. The lowest BCUT2D eigenvalue weighted by Crippen LogP contribution is -2.18. The van der Waals surface area contributed by atoms with Crippen molar-refractivity contribution in [2.24, 2.45) is 0 Å². The van der Waals surface area contributed by atoms with Crippen LogP contribution in [0.2, 0.25) is 0 Å². The van der Waals surface area contributed by atoms with Crippen LogP contribution in [0, 0.1) is 0 Å². The van der Waals surface area contributed by atoms with Crippen LogP contribution in [0.5, 0.6) is 0 Å². The largest absolute Gasteiger partial charge is 0.288 e. The molecule has 0 fully saturated rings. The molecule has 0 atom stereocenters. The quantitative estimate of drug-likeness (QED) is 0.565. The second kappa shape index (κ2) is 6.65. The van der Waals surface area contributed by atoms with Gasteiger partial charge in [0.05, 0.1) is 0 Å². The highest BCUT2D eigenvalue weighted by Gasteiger charge is 2.09. The van der Waals surface area contributed by atoms with Gasteiger partial charge in [-0.25, -0.2) is 5.48 Å². The van der Waals surface area contributed by atoms with Gasteiger partial charge in [0, 0.05) is 28.4 Å². The molecule has 0 bridgehead atoms. The van der Waals surface area contributed by atoms with E-state index in [4.69, 9.17) is 5.21 Å². The predicted molar refractivity (Wildman–Crippen MR) is 83.0 cm³/mol. The summed E-state index contributed by atoms with van der Waals surface area (Å²) in [6, 6.07) is 10.6. The number of nitrogens with one attached hydrogen (secondary N) is 1. The van der Waals surface area contributed by atoms with Crippen molar-refractivity contribution in [3.63, 3.8) is 0 Å². The smallest absolute Gasteiger partial charge is 0.274 e. The summed E-state index contributed by atoms with van der Waals surface area (Å²) in [7, 11) is 0. The van der Waals surface area contributed by atoms with Crippen molar-refractivity contribution >= 4 is 29.0 Å². The minimum Gasteiger partial charge on any atom is -0.288 e. The van der Waals surface area contributed by atoms with Gasteiger partial charge in [0.1, 0.15) is 5.01 Å². The molecule has 0 radical (unpaired) electrons. The number of hydroxylamine groups is 1. The van der Waals surface area contributed by atoms with E-state index in [0.717, 1.165) is 19.8 Å². The van der Waals surface area contributed by atoms with Crippen LogP contribution in [0.3, 0.4) is 0 Å². The lowest BCUT2D eigenvalue weighted by atomic mass is 10.2. The van der Waals surface area contributed by atoms with E-state index in [0.29, 0.717) is 5.56 Å². The molecule has 1 amide bonds. The Morgan fingerprint density at radius 2 is 2.00 bits per heavy atom. The first-order valence-electron chi connectivity index (χ1n) is 6.22. The first-order valence-corrected chi connectivity index (χ1v) is 7.86. The second-order valence-electron chi connectivity index (χ2n) is 4.18. The third-order valence-corrected chi connectivity index (χ3v) is 4.77. The summed E-state index contributed by atoms with van der Waals surface area (Å²) in [5.74, 6) is -0.536. The molecule has 0 aliphatic rings. The molecule has 3 aromatic rings. The van der Waals surface area contributed by atoms with Gasteiger partial charge in [-0.3, -0.25) is 15.0 Å².